The van der Waals surface area contributed by atoms with E-state index in [0.717, 1.165) is 44.0 Å². The molecular formula is C23H35NO3. The van der Waals surface area contributed by atoms with Gasteiger partial charge in [0.25, 0.3) is 0 Å². The molecule has 1 aliphatic carbocycles. The van der Waals surface area contributed by atoms with Gasteiger partial charge in [-0.15, -0.1) is 0 Å². The van der Waals surface area contributed by atoms with Gasteiger partial charge in [0, 0.05) is 13.1 Å². The van der Waals surface area contributed by atoms with Crippen LogP contribution in [0.5, 0.6) is 5.75 Å². The van der Waals surface area contributed by atoms with Crippen LogP contribution in [0.15, 0.2) is 24.3 Å². The van der Waals surface area contributed by atoms with Crippen molar-refractivity contribution in [3.05, 3.63) is 29.8 Å². The maximum absolute atomic E-state index is 10.7. The maximum atomic E-state index is 10.7. The Morgan fingerprint density at radius 1 is 1.11 bits per heavy atom. The van der Waals surface area contributed by atoms with Crippen LogP contribution in [-0.2, 0) is 4.79 Å². The molecule has 1 N–H and O–H groups in total. The van der Waals surface area contributed by atoms with Crippen LogP contribution in [0.4, 0.5) is 0 Å². The number of likely N-dealkylation sites (tertiary alicyclic amines) is 1. The van der Waals surface area contributed by atoms with E-state index in [-0.39, 0.29) is 6.42 Å². The molecule has 0 amide bonds. The molecule has 4 heteroatoms. The summed E-state index contributed by atoms with van der Waals surface area (Å²) in [6.07, 6.45) is 6.54. The molecule has 0 aromatic heterocycles. The Balaban J connectivity index is 1.46. The van der Waals surface area contributed by atoms with Crippen molar-refractivity contribution in [2.24, 2.45) is 11.3 Å². The van der Waals surface area contributed by atoms with E-state index in [2.05, 4.69) is 49.9 Å². The summed E-state index contributed by atoms with van der Waals surface area (Å²) in [5.74, 6) is 1.59. The Morgan fingerprint density at radius 2 is 1.78 bits per heavy atom. The summed E-state index contributed by atoms with van der Waals surface area (Å²) in [5, 5.41) is 8.84. The fourth-order valence-electron chi connectivity index (χ4n) is 4.62. The summed E-state index contributed by atoms with van der Waals surface area (Å²) in [6.45, 7) is 9.66. The lowest BCUT2D eigenvalue weighted by molar-refractivity contribution is -0.137. The van der Waals surface area contributed by atoms with Crippen molar-refractivity contribution in [2.75, 3.05) is 19.6 Å². The van der Waals surface area contributed by atoms with Gasteiger partial charge in [-0.1, -0.05) is 32.9 Å². The topological polar surface area (TPSA) is 49.8 Å². The molecule has 2 aliphatic rings. The van der Waals surface area contributed by atoms with Crippen molar-refractivity contribution >= 4 is 5.97 Å². The van der Waals surface area contributed by atoms with E-state index in [1.165, 1.54) is 18.4 Å². The molecule has 1 atom stereocenters. The zero-order valence-electron chi connectivity index (χ0n) is 17.1. The molecule has 4 nitrogen and oxygen atoms in total. The van der Waals surface area contributed by atoms with E-state index >= 15 is 0 Å². The summed E-state index contributed by atoms with van der Waals surface area (Å²) < 4.78 is 6.24. The van der Waals surface area contributed by atoms with E-state index in [4.69, 9.17) is 9.84 Å². The number of ether oxygens (including phenoxy) is 1. The smallest absolute Gasteiger partial charge is 0.304 e. The van der Waals surface area contributed by atoms with Gasteiger partial charge in [0.15, 0.2) is 0 Å². The lowest BCUT2D eigenvalue weighted by Gasteiger charge is -2.37. The van der Waals surface area contributed by atoms with E-state index in [9.17, 15) is 4.79 Å². The van der Waals surface area contributed by atoms with Gasteiger partial charge in [-0.25, -0.2) is 0 Å². The minimum Gasteiger partial charge on any atom is -0.490 e. The van der Waals surface area contributed by atoms with Crippen molar-refractivity contribution in [1.82, 2.24) is 4.90 Å². The normalized spacial score (nSPS) is 26.9. The van der Waals surface area contributed by atoms with Crippen LogP contribution < -0.4 is 4.74 Å². The van der Waals surface area contributed by atoms with Gasteiger partial charge in [0.2, 0.25) is 0 Å². The average molecular weight is 374 g/mol. The third kappa shape index (κ3) is 5.71. The molecule has 1 aliphatic heterocycles. The van der Waals surface area contributed by atoms with Crippen LogP contribution >= 0.6 is 0 Å². The number of hydrogen-bond acceptors (Lipinski definition) is 3. The number of hydrogen-bond donors (Lipinski definition) is 1. The monoisotopic (exact) mass is 373 g/mol. The number of rotatable bonds is 6. The third-order valence-corrected chi connectivity index (χ3v) is 6.47. The van der Waals surface area contributed by atoms with Crippen molar-refractivity contribution in [2.45, 2.75) is 71.3 Å². The Morgan fingerprint density at radius 3 is 2.37 bits per heavy atom. The van der Waals surface area contributed by atoms with E-state index < -0.39 is 5.97 Å². The summed E-state index contributed by atoms with van der Waals surface area (Å²) in [5.41, 5.74) is 1.75. The van der Waals surface area contributed by atoms with Crippen LogP contribution in [0, 0.1) is 11.3 Å². The molecule has 27 heavy (non-hydrogen) atoms. The zero-order chi connectivity index (χ0) is 19.4. The second-order valence-corrected chi connectivity index (χ2v) is 9.46. The molecule has 0 radical (unpaired) electrons. The van der Waals surface area contributed by atoms with Gasteiger partial charge in [-0.05, 0) is 73.6 Å². The van der Waals surface area contributed by atoms with Crippen molar-refractivity contribution in [3.8, 4) is 5.75 Å². The van der Waals surface area contributed by atoms with Gasteiger partial charge in [-0.2, -0.15) is 0 Å². The minimum absolute atomic E-state index is 0.233. The van der Waals surface area contributed by atoms with Gasteiger partial charge >= 0.3 is 5.97 Å². The molecule has 0 spiro atoms. The average Bonchev–Trinajstić information content (AvgIpc) is 3.09. The van der Waals surface area contributed by atoms with Gasteiger partial charge in [-0.3, -0.25) is 4.79 Å². The van der Waals surface area contributed by atoms with Crippen molar-refractivity contribution in [1.29, 1.82) is 0 Å². The number of carboxylic acid groups (broad SMARTS) is 1. The number of aliphatic carboxylic acids is 1. The standard InChI is InChI=1S/C23H35NO3/c1-23(2,3)19-6-10-21(11-7-19)27-20-8-4-17(5-9-20)18-12-14-24(16-18)15-13-22(25)26/h4-5,8-9,18-19,21H,6-7,10-16H2,1-3H3,(H,25,26). The molecule has 0 bridgehead atoms. The third-order valence-electron chi connectivity index (χ3n) is 6.47. The molecule has 1 aromatic rings. The molecule has 1 unspecified atom stereocenters. The highest BCUT2D eigenvalue weighted by molar-refractivity contribution is 5.66. The fourth-order valence-corrected chi connectivity index (χ4v) is 4.62. The summed E-state index contributed by atoms with van der Waals surface area (Å²) in [6, 6.07) is 8.62. The van der Waals surface area contributed by atoms with E-state index in [0.29, 0.717) is 24.0 Å². The van der Waals surface area contributed by atoms with Crippen LogP contribution in [-0.4, -0.2) is 41.7 Å². The zero-order valence-corrected chi connectivity index (χ0v) is 17.1. The first-order valence-electron chi connectivity index (χ1n) is 10.5. The van der Waals surface area contributed by atoms with E-state index in [1.54, 1.807) is 0 Å². The summed E-state index contributed by atoms with van der Waals surface area (Å²) in [7, 11) is 0. The Labute approximate surface area is 163 Å². The highest BCUT2D eigenvalue weighted by Gasteiger charge is 2.30. The highest BCUT2D eigenvalue weighted by atomic mass is 16.5. The Bertz CT molecular complexity index is 612. The van der Waals surface area contributed by atoms with Crippen LogP contribution in [0.3, 0.4) is 0 Å². The summed E-state index contributed by atoms with van der Waals surface area (Å²) >= 11 is 0. The van der Waals surface area contributed by atoms with E-state index in [1.807, 2.05) is 0 Å². The molecule has 2 fully saturated rings. The molecule has 1 saturated heterocycles. The molecule has 150 valence electrons. The minimum atomic E-state index is -0.712. The SMILES string of the molecule is CC(C)(C)C1CCC(Oc2ccc(C3CCN(CCC(=O)O)C3)cc2)CC1. The van der Waals surface area contributed by atoms with Crippen LogP contribution in [0.25, 0.3) is 0 Å². The molecule has 1 saturated carbocycles. The lowest BCUT2D eigenvalue weighted by atomic mass is 9.72. The number of benzene rings is 1. The van der Waals surface area contributed by atoms with Gasteiger partial charge in [0.05, 0.1) is 12.5 Å². The van der Waals surface area contributed by atoms with Crippen LogP contribution in [0.2, 0.25) is 0 Å². The predicted octanol–water partition coefficient (Wildman–Crippen LogP) is 4.93. The first-order valence-corrected chi connectivity index (χ1v) is 10.5. The highest BCUT2D eigenvalue weighted by Crippen LogP contribution is 2.39. The molecule has 1 heterocycles. The number of carboxylic acids is 1. The van der Waals surface area contributed by atoms with Crippen molar-refractivity contribution in [3.63, 3.8) is 0 Å². The number of nitrogens with zero attached hydrogens (tertiary/aromatic N) is 1. The molecule has 1 aromatic carbocycles. The first-order chi connectivity index (χ1) is 12.8. The second-order valence-electron chi connectivity index (χ2n) is 9.46. The fraction of sp³-hybridized carbons (Fsp3) is 0.696. The molecular weight excluding hydrogens is 338 g/mol. The number of carbonyl (C=O) groups is 1. The van der Waals surface area contributed by atoms with Crippen LogP contribution in [0.1, 0.15) is 70.8 Å². The second kappa shape index (κ2) is 8.64. The van der Waals surface area contributed by atoms with Gasteiger partial charge < -0.3 is 14.7 Å². The molecule has 3 rings (SSSR count). The Kier molecular flexibility index (Phi) is 6.46. The summed E-state index contributed by atoms with van der Waals surface area (Å²) in [4.78, 5) is 13.0. The largest absolute Gasteiger partial charge is 0.490 e. The lowest BCUT2D eigenvalue weighted by Crippen LogP contribution is -2.30. The first kappa shape index (κ1) is 20.2. The quantitative estimate of drug-likeness (QED) is 0.768. The van der Waals surface area contributed by atoms with Gasteiger partial charge in [0.1, 0.15) is 5.75 Å². The van der Waals surface area contributed by atoms with Crippen molar-refractivity contribution < 1.29 is 14.6 Å². The maximum Gasteiger partial charge on any atom is 0.304 e. The predicted molar refractivity (Wildman–Crippen MR) is 108 cm³/mol. The Hall–Kier alpha value is -1.55.